The van der Waals surface area contributed by atoms with Crippen LogP contribution in [0.15, 0.2) is 18.2 Å². The quantitative estimate of drug-likeness (QED) is 0.440. The van der Waals surface area contributed by atoms with E-state index in [2.05, 4.69) is 5.32 Å². The first-order chi connectivity index (χ1) is 9.06. The van der Waals surface area contributed by atoms with Crippen LogP contribution in [0.25, 0.3) is 0 Å². The summed E-state index contributed by atoms with van der Waals surface area (Å²) in [5.41, 5.74) is 6.12. The minimum Gasteiger partial charge on any atom is -0.394 e. The summed E-state index contributed by atoms with van der Waals surface area (Å²) in [6, 6.07) is 4.59. The van der Waals surface area contributed by atoms with Crippen molar-refractivity contribution in [3.05, 3.63) is 28.3 Å². The number of nitro groups is 1. The third kappa shape index (κ3) is 2.96. The molecule has 0 radical (unpaired) electrons. The highest BCUT2D eigenvalue weighted by Crippen LogP contribution is 2.33. The van der Waals surface area contributed by atoms with E-state index in [1.165, 1.54) is 12.5 Å². The second-order valence-electron chi connectivity index (χ2n) is 5.15. The number of aliphatic hydroxyl groups excluding tert-OH is 1. The number of benzene rings is 1. The van der Waals surface area contributed by atoms with Crippen LogP contribution in [0.2, 0.25) is 0 Å². The van der Waals surface area contributed by atoms with Crippen molar-refractivity contribution >= 4 is 17.1 Å². The monoisotopic (exact) mass is 265 g/mol. The van der Waals surface area contributed by atoms with Crippen molar-refractivity contribution in [2.45, 2.75) is 37.6 Å². The molecule has 104 valence electrons. The van der Waals surface area contributed by atoms with E-state index in [0.29, 0.717) is 0 Å². The van der Waals surface area contributed by atoms with Gasteiger partial charge in [0.2, 0.25) is 0 Å². The molecule has 0 amide bonds. The zero-order valence-electron chi connectivity index (χ0n) is 10.8. The number of nitrogen functional groups attached to an aromatic ring is 1. The summed E-state index contributed by atoms with van der Waals surface area (Å²) < 4.78 is 0. The van der Waals surface area contributed by atoms with Crippen LogP contribution in [0, 0.1) is 10.1 Å². The second kappa shape index (κ2) is 5.44. The van der Waals surface area contributed by atoms with Gasteiger partial charge in [-0.2, -0.15) is 0 Å². The summed E-state index contributed by atoms with van der Waals surface area (Å²) in [5, 5.41) is 23.6. The number of nitrogens with zero attached hydrogens (tertiary/aromatic N) is 1. The topological polar surface area (TPSA) is 101 Å². The van der Waals surface area contributed by atoms with Gasteiger partial charge in [0.15, 0.2) is 0 Å². The number of aliphatic hydroxyl groups is 1. The van der Waals surface area contributed by atoms with E-state index >= 15 is 0 Å². The molecule has 0 aromatic heterocycles. The maximum Gasteiger partial charge on any atom is 0.292 e. The van der Waals surface area contributed by atoms with Crippen LogP contribution in [-0.2, 0) is 0 Å². The van der Waals surface area contributed by atoms with E-state index in [1.807, 2.05) is 0 Å². The third-order valence-corrected chi connectivity index (χ3v) is 3.75. The lowest BCUT2D eigenvalue weighted by Gasteiger charge is -2.37. The summed E-state index contributed by atoms with van der Waals surface area (Å²) in [7, 11) is 0. The lowest BCUT2D eigenvalue weighted by molar-refractivity contribution is -0.383. The summed E-state index contributed by atoms with van der Waals surface area (Å²) in [5.74, 6) is 0. The minimum absolute atomic E-state index is 0.0594. The van der Waals surface area contributed by atoms with Crippen LogP contribution in [-0.4, -0.2) is 22.2 Å². The van der Waals surface area contributed by atoms with Crippen molar-refractivity contribution in [1.29, 1.82) is 0 Å². The zero-order chi connectivity index (χ0) is 13.9. The summed E-state index contributed by atoms with van der Waals surface area (Å²) >= 11 is 0. The Morgan fingerprint density at radius 3 is 2.58 bits per heavy atom. The largest absolute Gasteiger partial charge is 0.394 e. The molecular weight excluding hydrogens is 246 g/mol. The van der Waals surface area contributed by atoms with Gasteiger partial charge >= 0.3 is 0 Å². The highest BCUT2D eigenvalue weighted by Gasteiger charge is 2.31. The van der Waals surface area contributed by atoms with Gasteiger partial charge in [-0.3, -0.25) is 10.1 Å². The number of anilines is 2. The van der Waals surface area contributed by atoms with Crippen molar-refractivity contribution in [3.63, 3.8) is 0 Å². The number of nitro benzene ring substituents is 1. The molecule has 19 heavy (non-hydrogen) atoms. The number of nitrogens with one attached hydrogen (secondary N) is 1. The van der Waals surface area contributed by atoms with Crippen LogP contribution in [0.1, 0.15) is 32.1 Å². The molecule has 0 spiro atoms. The maximum absolute atomic E-state index is 10.7. The molecule has 0 unspecified atom stereocenters. The Morgan fingerprint density at radius 2 is 2.05 bits per heavy atom. The normalized spacial score (nSPS) is 17.9. The average Bonchev–Trinajstić information content (AvgIpc) is 2.39. The molecule has 1 fully saturated rings. The molecule has 1 aliphatic carbocycles. The van der Waals surface area contributed by atoms with Crippen molar-refractivity contribution in [1.82, 2.24) is 0 Å². The molecule has 0 bridgehead atoms. The molecule has 6 heteroatoms. The van der Waals surface area contributed by atoms with Gasteiger partial charge in [0, 0.05) is 11.8 Å². The Hall–Kier alpha value is -1.82. The SMILES string of the molecule is Nc1cc(NC2(CO)CCCCC2)ccc1[N+](=O)[O-]. The van der Waals surface area contributed by atoms with Crippen LogP contribution >= 0.6 is 0 Å². The maximum atomic E-state index is 10.7. The zero-order valence-corrected chi connectivity index (χ0v) is 10.8. The fourth-order valence-electron chi connectivity index (χ4n) is 2.66. The molecule has 1 aromatic rings. The van der Waals surface area contributed by atoms with Gasteiger partial charge in [0.25, 0.3) is 5.69 Å². The van der Waals surface area contributed by atoms with E-state index in [1.54, 1.807) is 12.1 Å². The number of hydrogen-bond acceptors (Lipinski definition) is 5. The van der Waals surface area contributed by atoms with Gasteiger partial charge in [-0.15, -0.1) is 0 Å². The van der Waals surface area contributed by atoms with Crippen LogP contribution < -0.4 is 11.1 Å². The van der Waals surface area contributed by atoms with Crippen LogP contribution in [0.4, 0.5) is 17.1 Å². The van der Waals surface area contributed by atoms with E-state index in [0.717, 1.165) is 31.4 Å². The fraction of sp³-hybridized carbons (Fsp3) is 0.538. The smallest absolute Gasteiger partial charge is 0.292 e. The van der Waals surface area contributed by atoms with Gasteiger partial charge in [0.1, 0.15) is 5.69 Å². The van der Waals surface area contributed by atoms with Crippen molar-refractivity contribution < 1.29 is 10.0 Å². The lowest BCUT2D eigenvalue weighted by Crippen LogP contribution is -2.43. The first-order valence-corrected chi connectivity index (χ1v) is 6.49. The Balaban J connectivity index is 2.18. The molecular formula is C13H19N3O3. The third-order valence-electron chi connectivity index (χ3n) is 3.75. The van der Waals surface area contributed by atoms with Gasteiger partial charge < -0.3 is 16.2 Å². The van der Waals surface area contributed by atoms with Crippen molar-refractivity contribution in [3.8, 4) is 0 Å². The van der Waals surface area contributed by atoms with E-state index < -0.39 is 4.92 Å². The number of nitrogens with two attached hydrogens (primary N) is 1. The van der Waals surface area contributed by atoms with Crippen molar-refractivity contribution in [2.75, 3.05) is 17.7 Å². The molecule has 1 aromatic carbocycles. The highest BCUT2D eigenvalue weighted by molar-refractivity contribution is 5.66. The Morgan fingerprint density at radius 1 is 1.37 bits per heavy atom. The van der Waals surface area contributed by atoms with E-state index in [9.17, 15) is 15.2 Å². The van der Waals surface area contributed by atoms with E-state index in [-0.39, 0.29) is 23.5 Å². The van der Waals surface area contributed by atoms with Gasteiger partial charge in [-0.25, -0.2) is 0 Å². The second-order valence-corrected chi connectivity index (χ2v) is 5.15. The number of rotatable bonds is 4. The summed E-state index contributed by atoms with van der Waals surface area (Å²) in [6.45, 7) is 0.0594. The number of hydrogen-bond donors (Lipinski definition) is 3. The molecule has 0 saturated heterocycles. The first-order valence-electron chi connectivity index (χ1n) is 6.49. The standard InChI is InChI=1S/C13H19N3O3/c14-11-8-10(4-5-12(11)16(18)19)15-13(9-17)6-2-1-3-7-13/h4-5,8,15,17H,1-3,6-7,9,14H2. The van der Waals surface area contributed by atoms with Crippen LogP contribution in [0.3, 0.4) is 0 Å². The summed E-state index contributed by atoms with van der Waals surface area (Å²) in [6.07, 6.45) is 5.15. The molecule has 0 atom stereocenters. The van der Waals surface area contributed by atoms with E-state index in [4.69, 9.17) is 5.73 Å². The van der Waals surface area contributed by atoms with Gasteiger partial charge in [-0.1, -0.05) is 19.3 Å². The molecule has 1 saturated carbocycles. The minimum atomic E-state index is -0.498. The van der Waals surface area contributed by atoms with Crippen molar-refractivity contribution in [2.24, 2.45) is 0 Å². The Kier molecular flexibility index (Phi) is 3.90. The molecule has 4 N–H and O–H groups in total. The molecule has 2 rings (SSSR count). The average molecular weight is 265 g/mol. The Labute approximate surface area is 111 Å². The van der Waals surface area contributed by atoms with Gasteiger partial charge in [0.05, 0.1) is 17.1 Å². The predicted molar refractivity (Wildman–Crippen MR) is 74.0 cm³/mol. The predicted octanol–water partition coefficient (Wildman–Crippen LogP) is 2.28. The fourth-order valence-corrected chi connectivity index (χ4v) is 2.66. The first kappa shape index (κ1) is 13.6. The summed E-state index contributed by atoms with van der Waals surface area (Å²) in [4.78, 5) is 10.2. The van der Waals surface area contributed by atoms with Gasteiger partial charge in [-0.05, 0) is 25.0 Å². The molecule has 0 aliphatic heterocycles. The molecule has 1 aliphatic rings. The molecule has 6 nitrogen and oxygen atoms in total. The Bertz CT molecular complexity index is 470. The van der Waals surface area contributed by atoms with Crippen LogP contribution in [0.5, 0.6) is 0 Å². The molecule has 0 heterocycles. The highest BCUT2D eigenvalue weighted by atomic mass is 16.6. The lowest BCUT2D eigenvalue weighted by atomic mass is 9.82.